The molecule has 2 fully saturated rings. The average molecular weight is 678 g/mol. The van der Waals surface area contributed by atoms with E-state index in [1.54, 1.807) is 6.92 Å². The summed E-state index contributed by atoms with van der Waals surface area (Å²) in [5.74, 6) is -0.838. The van der Waals surface area contributed by atoms with E-state index in [0.29, 0.717) is 6.54 Å². The molecule has 6 rings (SSSR count). The van der Waals surface area contributed by atoms with Crippen LogP contribution in [0.25, 0.3) is 11.1 Å². The molecular formula is C41H47N3O6. The highest BCUT2D eigenvalue weighted by Gasteiger charge is 2.34. The summed E-state index contributed by atoms with van der Waals surface area (Å²) in [6.07, 6.45) is -0.826. The molecule has 0 aromatic heterocycles. The van der Waals surface area contributed by atoms with Crippen molar-refractivity contribution in [2.75, 3.05) is 32.7 Å². The number of piperazine rings is 1. The SMILES string of the molecule is CC(=O)O[C@@H](C)C(=O)NCc1ccccc1-c1ccc([C@H]2O[C@@H](CN3CCN(Cc4ccccc4)CC3)C[C@@H](c3ccc(CO)cc3)O2)cc1. The highest BCUT2D eigenvalue weighted by atomic mass is 16.7. The van der Waals surface area contributed by atoms with Crippen LogP contribution < -0.4 is 5.32 Å². The van der Waals surface area contributed by atoms with Gasteiger partial charge in [0.1, 0.15) is 0 Å². The molecule has 4 aromatic rings. The normalized spacial score (nSPS) is 20.6. The number of rotatable bonds is 12. The van der Waals surface area contributed by atoms with Crippen LogP contribution in [0.5, 0.6) is 0 Å². The van der Waals surface area contributed by atoms with E-state index in [-0.39, 0.29) is 24.7 Å². The van der Waals surface area contributed by atoms with E-state index in [1.807, 2.05) is 48.5 Å². The number of hydrogen-bond acceptors (Lipinski definition) is 8. The molecule has 2 heterocycles. The largest absolute Gasteiger partial charge is 0.453 e. The van der Waals surface area contributed by atoms with Crippen LogP contribution in [-0.4, -0.2) is 71.7 Å². The summed E-state index contributed by atoms with van der Waals surface area (Å²) in [5.41, 5.74) is 7.17. The molecule has 0 bridgehead atoms. The molecule has 2 saturated heterocycles. The molecule has 4 aromatic carbocycles. The Morgan fingerprint density at radius 3 is 2.18 bits per heavy atom. The molecule has 1 amide bonds. The molecule has 4 atom stereocenters. The third-order valence-electron chi connectivity index (χ3n) is 9.47. The predicted molar refractivity (Wildman–Crippen MR) is 192 cm³/mol. The summed E-state index contributed by atoms with van der Waals surface area (Å²) in [6, 6.07) is 34.8. The van der Waals surface area contributed by atoms with Crippen molar-refractivity contribution in [3.8, 4) is 11.1 Å². The first-order valence-electron chi connectivity index (χ1n) is 17.5. The fourth-order valence-corrected chi connectivity index (χ4v) is 6.70. The van der Waals surface area contributed by atoms with Crippen molar-refractivity contribution in [3.63, 3.8) is 0 Å². The molecule has 0 aliphatic carbocycles. The molecule has 0 spiro atoms. The lowest BCUT2D eigenvalue weighted by molar-refractivity contribution is -0.253. The smallest absolute Gasteiger partial charge is 0.303 e. The Bertz CT molecular complexity index is 1690. The van der Waals surface area contributed by atoms with Crippen molar-refractivity contribution in [2.45, 2.75) is 64.6 Å². The van der Waals surface area contributed by atoms with E-state index in [0.717, 1.165) is 79.1 Å². The second-order valence-electron chi connectivity index (χ2n) is 13.2. The van der Waals surface area contributed by atoms with Crippen LogP contribution in [-0.2, 0) is 43.5 Å². The van der Waals surface area contributed by atoms with Gasteiger partial charge in [0.25, 0.3) is 5.91 Å². The number of esters is 1. The number of hydrogen-bond donors (Lipinski definition) is 2. The fourth-order valence-electron chi connectivity index (χ4n) is 6.70. The minimum atomic E-state index is -0.862. The Morgan fingerprint density at radius 1 is 0.820 bits per heavy atom. The van der Waals surface area contributed by atoms with Gasteiger partial charge in [0.15, 0.2) is 12.4 Å². The van der Waals surface area contributed by atoms with Crippen LogP contribution in [0.15, 0.2) is 103 Å². The second kappa shape index (κ2) is 17.0. The Morgan fingerprint density at radius 2 is 1.48 bits per heavy atom. The number of amides is 1. The number of nitrogens with zero attached hydrogens (tertiary/aromatic N) is 2. The monoisotopic (exact) mass is 677 g/mol. The highest BCUT2D eigenvalue weighted by molar-refractivity contribution is 5.83. The summed E-state index contributed by atoms with van der Waals surface area (Å²) >= 11 is 0. The third kappa shape index (κ3) is 9.44. The Labute approximate surface area is 294 Å². The standard InChI is InChI=1S/C41H47N3O6/c1-29(48-30(2)46)40(47)42-25-36-10-6-7-11-38(36)33-16-18-35(19-17-33)41-49-37(24-39(50-41)34-14-12-32(28-45)13-15-34)27-44-22-20-43(21-23-44)26-31-8-4-3-5-9-31/h3-19,29,37,39,41,45H,20-28H2,1-2H3,(H,42,47)/t29-,37+,39-,41-/m0/s1. The number of aliphatic hydroxyl groups excluding tert-OH is 1. The molecule has 0 saturated carbocycles. The summed E-state index contributed by atoms with van der Waals surface area (Å²) in [7, 11) is 0. The number of benzene rings is 4. The number of carbonyl (C=O) groups is 2. The minimum absolute atomic E-state index is 0.00562. The Balaban J connectivity index is 1.13. The summed E-state index contributed by atoms with van der Waals surface area (Å²) in [4.78, 5) is 28.8. The van der Waals surface area contributed by atoms with E-state index >= 15 is 0 Å². The van der Waals surface area contributed by atoms with Crippen LogP contribution in [0.1, 0.15) is 60.5 Å². The minimum Gasteiger partial charge on any atom is -0.453 e. The Kier molecular flexibility index (Phi) is 12.1. The average Bonchev–Trinajstić information content (AvgIpc) is 3.15. The van der Waals surface area contributed by atoms with Crippen LogP contribution in [0.4, 0.5) is 0 Å². The molecule has 2 aliphatic heterocycles. The molecule has 0 unspecified atom stereocenters. The van der Waals surface area contributed by atoms with Gasteiger partial charge in [0.05, 0.1) is 18.8 Å². The topological polar surface area (TPSA) is 101 Å². The van der Waals surface area contributed by atoms with Gasteiger partial charge in [0.2, 0.25) is 0 Å². The maximum Gasteiger partial charge on any atom is 0.303 e. The maximum absolute atomic E-state index is 12.5. The van der Waals surface area contributed by atoms with Crippen molar-refractivity contribution < 1.29 is 28.9 Å². The molecule has 2 N–H and O–H groups in total. The van der Waals surface area contributed by atoms with Crippen molar-refractivity contribution in [1.29, 1.82) is 0 Å². The van der Waals surface area contributed by atoms with Crippen molar-refractivity contribution in [3.05, 3.63) is 131 Å². The van der Waals surface area contributed by atoms with Crippen LogP contribution in [0, 0.1) is 0 Å². The lowest BCUT2D eigenvalue weighted by atomic mass is 9.97. The van der Waals surface area contributed by atoms with E-state index < -0.39 is 18.4 Å². The molecule has 262 valence electrons. The van der Waals surface area contributed by atoms with Crippen LogP contribution in [0.3, 0.4) is 0 Å². The molecule has 9 nitrogen and oxygen atoms in total. The molecular weight excluding hydrogens is 630 g/mol. The highest BCUT2D eigenvalue weighted by Crippen LogP contribution is 2.39. The van der Waals surface area contributed by atoms with Gasteiger partial charge in [-0.3, -0.25) is 19.4 Å². The number of carbonyl (C=O) groups excluding carboxylic acids is 2. The lowest BCUT2D eigenvalue weighted by Gasteiger charge is -2.40. The Hall–Kier alpha value is -4.38. The van der Waals surface area contributed by atoms with Crippen molar-refractivity contribution in [2.24, 2.45) is 0 Å². The lowest BCUT2D eigenvalue weighted by Crippen LogP contribution is -2.49. The maximum atomic E-state index is 12.5. The number of ether oxygens (including phenoxy) is 3. The third-order valence-corrected chi connectivity index (χ3v) is 9.47. The van der Waals surface area contributed by atoms with E-state index in [9.17, 15) is 14.7 Å². The van der Waals surface area contributed by atoms with E-state index in [1.165, 1.54) is 12.5 Å². The molecule has 0 radical (unpaired) electrons. The number of aliphatic hydroxyl groups is 1. The van der Waals surface area contributed by atoms with Gasteiger partial charge in [0, 0.05) is 64.7 Å². The van der Waals surface area contributed by atoms with Gasteiger partial charge < -0.3 is 24.6 Å². The van der Waals surface area contributed by atoms with Crippen molar-refractivity contribution >= 4 is 11.9 Å². The van der Waals surface area contributed by atoms with Gasteiger partial charge in [-0.25, -0.2) is 0 Å². The van der Waals surface area contributed by atoms with Gasteiger partial charge in [-0.05, 0) is 40.3 Å². The van der Waals surface area contributed by atoms with Gasteiger partial charge in [-0.1, -0.05) is 103 Å². The first-order valence-corrected chi connectivity index (χ1v) is 17.5. The molecule has 2 aliphatic rings. The van der Waals surface area contributed by atoms with E-state index in [2.05, 4.69) is 69.7 Å². The summed E-state index contributed by atoms with van der Waals surface area (Å²) in [5, 5.41) is 12.5. The first-order chi connectivity index (χ1) is 24.3. The fraction of sp³-hybridized carbons (Fsp3) is 0.366. The first kappa shape index (κ1) is 35.4. The quantitative estimate of drug-likeness (QED) is 0.182. The predicted octanol–water partition coefficient (Wildman–Crippen LogP) is 5.78. The summed E-state index contributed by atoms with van der Waals surface area (Å²) in [6.45, 7) is 8.98. The zero-order valence-electron chi connectivity index (χ0n) is 28.9. The van der Waals surface area contributed by atoms with Crippen molar-refractivity contribution in [1.82, 2.24) is 15.1 Å². The van der Waals surface area contributed by atoms with Gasteiger partial charge in [-0.2, -0.15) is 0 Å². The zero-order chi connectivity index (χ0) is 34.9. The second-order valence-corrected chi connectivity index (χ2v) is 13.2. The van der Waals surface area contributed by atoms with Crippen LogP contribution in [0.2, 0.25) is 0 Å². The zero-order valence-corrected chi connectivity index (χ0v) is 28.9. The van der Waals surface area contributed by atoms with Gasteiger partial charge >= 0.3 is 5.97 Å². The summed E-state index contributed by atoms with van der Waals surface area (Å²) < 4.78 is 18.3. The number of nitrogens with one attached hydrogen (secondary N) is 1. The molecule has 50 heavy (non-hydrogen) atoms. The van der Waals surface area contributed by atoms with Gasteiger partial charge in [-0.15, -0.1) is 0 Å². The van der Waals surface area contributed by atoms with Crippen LogP contribution >= 0.6 is 0 Å². The van der Waals surface area contributed by atoms with E-state index in [4.69, 9.17) is 14.2 Å². The molecule has 9 heteroatoms.